The summed E-state index contributed by atoms with van der Waals surface area (Å²) in [5.74, 6) is -0.268. The average Bonchev–Trinajstić information content (AvgIpc) is 2.93. The van der Waals surface area contributed by atoms with Crippen LogP contribution >= 0.6 is 0 Å². The van der Waals surface area contributed by atoms with E-state index in [4.69, 9.17) is 0 Å². The van der Waals surface area contributed by atoms with Crippen molar-refractivity contribution >= 4 is 21.9 Å². The van der Waals surface area contributed by atoms with E-state index in [1.54, 1.807) is 18.6 Å². The number of rotatable bonds is 2. The van der Waals surface area contributed by atoms with E-state index in [2.05, 4.69) is 19.9 Å². The molecule has 4 heterocycles. The first-order valence-electron chi connectivity index (χ1n) is 7.13. The summed E-state index contributed by atoms with van der Waals surface area (Å²) in [4.78, 5) is 15.9. The molecule has 5 heteroatoms. The lowest BCUT2D eigenvalue weighted by Crippen LogP contribution is -1.91. The number of pyridine rings is 3. The smallest absolute Gasteiger partial charge is 0.145 e. The second kappa shape index (κ2) is 4.87. The van der Waals surface area contributed by atoms with Gasteiger partial charge in [0, 0.05) is 34.3 Å². The second-order valence-electron chi connectivity index (χ2n) is 5.14. The Hall–Kier alpha value is -2.82. The van der Waals surface area contributed by atoms with Gasteiger partial charge in [0.2, 0.25) is 0 Å². The predicted molar refractivity (Wildman–Crippen MR) is 84.0 cm³/mol. The van der Waals surface area contributed by atoms with Crippen LogP contribution in [0.2, 0.25) is 0 Å². The zero-order valence-electron chi connectivity index (χ0n) is 12.0. The molecule has 0 unspecified atom stereocenters. The van der Waals surface area contributed by atoms with E-state index in [1.807, 2.05) is 25.1 Å². The van der Waals surface area contributed by atoms with Gasteiger partial charge in [0.15, 0.2) is 0 Å². The lowest BCUT2D eigenvalue weighted by atomic mass is 10.1. The van der Waals surface area contributed by atoms with Gasteiger partial charge in [-0.3, -0.25) is 9.97 Å². The molecule has 0 radical (unpaired) electrons. The number of halogens is 1. The first-order valence-corrected chi connectivity index (χ1v) is 7.13. The molecule has 0 saturated carbocycles. The molecule has 0 bridgehead atoms. The van der Waals surface area contributed by atoms with Crippen molar-refractivity contribution in [1.82, 2.24) is 19.9 Å². The number of hydrogen-bond acceptors (Lipinski definition) is 3. The lowest BCUT2D eigenvalue weighted by molar-refractivity contribution is 0.609. The number of H-pyrrole nitrogens is 1. The Balaban J connectivity index is 2.06. The normalized spacial score (nSPS) is 11.4. The molecule has 4 aromatic rings. The third kappa shape index (κ3) is 1.86. The minimum Gasteiger partial charge on any atom is -0.338 e. The Morgan fingerprint density at radius 3 is 2.86 bits per heavy atom. The first kappa shape index (κ1) is 12.9. The van der Waals surface area contributed by atoms with Crippen LogP contribution in [0.15, 0.2) is 43.0 Å². The van der Waals surface area contributed by atoms with E-state index in [1.165, 1.54) is 6.20 Å². The van der Waals surface area contributed by atoms with Gasteiger partial charge in [0.25, 0.3) is 0 Å². The number of nitrogens with one attached hydrogen (secondary N) is 1. The molecule has 0 saturated heterocycles. The quantitative estimate of drug-likeness (QED) is 0.610. The SMILES string of the molecule is CCc1c(F)cnc2[nH]c3cnc(-c4cccnc4)cc3c12. The molecule has 0 amide bonds. The molecule has 0 spiro atoms. The summed E-state index contributed by atoms with van der Waals surface area (Å²) < 4.78 is 14.0. The van der Waals surface area contributed by atoms with Gasteiger partial charge >= 0.3 is 0 Å². The van der Waals surface area contributed by atoms with Crippen LogP contribution < -0.4 is 0 Å². The third-order valence-corrected chi connectivity index (χ3v) is 3.87. The maximum atomic E-state index is 14.0. The molecule has 0 aliphatic carbocycles. The van der Waals surface area contributed by atoms with Crippen molar-refractivity contribution < 1.29 is 4.39 Å². The molecule has 0 aliphatic rings. The van der Waals surface area contributed by atoms with Gasteiger partial charge in [0.1, 0.15) is 11.5 Å². The second-order valence-corrected chi connectivity index (χ2v) is 5.14. The van der Waals surface area contributed by atoms with Gasteiger partial charge in [-0.1, -0.05) is 6.92 Å². The number of aryl methyl sites for hydroxylation is 1. The molecule has 1 N–H and O–H groups in total. The topological polar surface area (TPSA) is 54.5 Å². The highest BCUT2D eigenvalue weighted by atomic mass is 19.1. The Morgan fingerprint density at radius 1 is 1.18 bits per heavy atom. The van der Waals surface area contributed by atoms with Crippen molar-refractivity contribution in [2.75, 3.05) is 0 Å². The molecule has 4 rings (SSSR count). The van der Waals surface area contributed by atoms with E-state index in [0.29, 0.717) is 17.6 Å². The van der Waals surface area contributed by atoms with Gasteiger partial charge < -0.3 is 4.98 Å². The highest BCUT2D eigenvalue weighted by Gasteiger charge is 2.14. The van der Waals surface area contributed by atoms with Crippen molar-refractivity contribution in [3.63, 3.8) is 0 Å². The molecular formula is C17H13FN4. The third-order valence-electron chi connectivity index (χ3n) is 3.87. The van der Waals surface area contributed by atoms with Crippen molar-refractivity contribution in [3.05, 3.63) is 54.4 Å². The standard InChI is InChI=1S/C17H13FN4/c1-2-11-13(18)8-21-17-16(11)12-6-14(20-9-15(12)22-17)10-4-3-5-19-7-10/h3-9H,2H2,1H3,(H,21,22). The maximum absolute atomic E-state index is 14.0. The fourth-order valence-electron chi connectivity index (χ4n) is 2.82. The minimum atomic E-state index is -0.268. The van der Waals surface area contributed by atoms with Crippen molar-refractivity contribution in [2.45, 2.75) is 13.3 Å². The highest BCUT2D eigenvalue weighted by Crippen LogP contribution is 2.31. The Labute approximate surface area is 126 Å². The summed E-state index contributed by atoms with van der Waals surface area (Å²) >= 11 is 0. The molecule has 0 aliphatic heterocycles. The summed E-state index contributed by atoms with van der Waals surface area (Å²) in [5.41, 5.74) is 3.97. The van der Waals surface area contributed by atoms with Gasteiger partial charge in [-0.05, 0) is 24.6 Å². The van der Waals surface area contributed by atoms with Gasteiger partial charge in [-0.2, -0.15) is 0 Å². The zero-order valence-corrected chi connectivity index (χ0v) is 12.0. The molecule has 0 atom stereocenters. The molecule has 0 fully saturated rings. The van der Waals surface area contributed by atoms with Crippen LogP contribution in [0.5, 0.6) is 0 Å². The van der Waals surface area contributed by atoms with Crippen LogP contribution in [0.4, 0.5) is 4.39 Å². The molecule has 4 aromatic heterocycles. The molecule has 0 aromatic carbocycles. The summed E-state index contributed by atoms with van der Waals surface area (Å²) in [6, 6.07) is 5.79. The van der Waals surface area contributed by atoms with Crippen LogP contribution in [0.3, 0.4) is 0 Å². The molecular weight excluding hydrogens is 279 g/mol. The summed E-state index contributed by atoms with van der Waals surface area (Å²) in [7, 11) is 0. The molecule has 108 valence electrons. The fraction of sp³-hybridized carbons (Fsp3) is 0.118. The molecule has 22 heavy (non-hydrogen) atoms. The monoisotopic (exact) mass is 292 g/mol. The van der Waals surface area contributed by atoms with E-state index in [-0.39, 0.29) is 5.82 Å². The van der Waals surface area contributed by atoms with Crippen molar-refractivity contribution in [1.29, 1.82) is 0 Å². The number of aromatic nitrogens is 4. The van der Waals surface area contributed by atoms with Gasteiger partial charge in [-0.25, -0.2) is 9.37 Å². The Morgan fingerprint density at radius 2 is 2.09 bits per heavy atom. The number of fused-ring (bicyclic) bond motifs is 3. The van der Waals surface area contributed by atoms with Gasteiger partial charge in [0.05, 0.1) is 23.6 Å². The molecule has 4 nitrogen and oxygen atoms in total. The van der Waals surface area contributed by atoms with Crippen molar-refractivity contribution in [2.24, 2.45) is 0 Å². The van der Waals surface area contributed by atoms with Crippen molar-refractivity contribution in [3.8, 4) is 11.3 Å². The Bertz CT molecular complexity index is 976. The number of hydrogen-bond donors (Lipinski definition) is 1. The Kier molecular flexibility index (Phi) is 2.85. The van der Waals surface area contributed by atoms with Crippen LogP contribution in [0.25, 0.3) is 33.2 Å². The number of aromatic amines is 1. The fourth-order valence-corrected chi connectivity index (χ4v) is 2.82. The van der Waals surface area contributed by atoms with Crippen LogP contribution in [0.1, 0.15) is 12.5 Å². The summed E-state index contributed by atoms with van der Waals surface area (Å²) in [6.07, 6.45) is 7.13. The largest absolute Gasteiger partial charge is 0.338 e. The maximum Gasteiger partial charge on any atom is 0.145 e. The highest BCUT2D eigenvalue weighted by molar-refractivity contribution is 6.08. The van der Waals surface area contributed by atoms with E-state index in [9.17, 15) is 4.39 Å². The minimum absolute atomic E-state index is 0.268. The van der Waals surface area contributed by atoms with Crippen LogP contribution in [0, 0.1) is 5.82 Å². The predicted octanol–water partition coefficient (Wildman–Crippen LogP) is 3.87. The van der Waals surface area contributed by atoms with Crippen LogP contribution in [-0.4, -0.2) is 19.9 Å². The van der Waals surface area contributed by atoms with E-state index < -0.39 is 0 Å². The zero-order chi connectivity index (χ0) is 15.1. The average molecular weight is 292 g/mol. The summed E-state index contributed by atoms with van der Waals surface area (Å²) in [6.45, 7) is 1.94. The van der Waals surface area contributed by atoms with Crippen LogP contribution in [-0.2, 0) is 6.42 Å². The van der Waals surface area contributed by atoms with E-state index >= 15 is 0 Å². The van der Waals surface area contributed by atoms with E-state index in [0.717, 1.165) is 27.5 Å². The summed E-state index contributed by atoms with van der Waals surface area (Å²) in [5, 5.41) is 1.78. The number of nitrogens with zero attached hydrogens (tertiary/aromatic N) is 3. The van der Waals surface area contributed by atoms with Gasteiger partial charge in [-0.15, -0.1) is 0 Å². The first-order chi connectivity index (χ1) is 10.8. The lowest BCUT2D eigenvalue weighted by Gasteiger charge is -2.03.